The van der Waals surface area contributed by atoms with Crippen LogP contribution >= 0.6 is 23.5 Å². The number of rotatable bonds is 4. The minimum atomic E-state index is -0.378. The number of allylic oxidation sites excluding steroid dienone is 1. The molecule has 0 N–H and O–H groups in total. The van der Waals surface area contributed by atoms with Crippen LogP contribution in [-0.2, 0) is 9.53 Å². The van der Waals surface area contributed by atoms with Crippen LogP contribution in [-0.4, -0.2) is 18.5 Å². The number of nitrogens with zero attached hydrogens (tertiary/aromatic N) is 1. The summed E-state index contributed by atoms with van der Waals surface area (Å²) in [5, 5.41) is 8.69. The molecule has 0 atom stereocenters. The molecule has 0 aromatic carbocycles. The van der Waals surface area contributed by atoms with E-state index in [4.69, 9.17) is 10.00 Å². The molecule has 0 aliphatic carbocycles. The van der Waals surface area contributed by atoms with Gasteiger partial charge in [-0.25, -0.2) is 0 Å². The van der Waals surface area contributed by atoms with E-state index in [1.54, 1.807) is 6.92 Å². The Morgan fingerprint density at radius 2 is 2.00 bits per heavy atom. The van der Waals surface area contributed by atoms with Gasteiger partial charge in [0.1, 0.15) is 6.07 Å². The Hall–Kier alpha value is -0.600. The van der Waals surface area contributed by atoms with Crippen LogP contribution in [0.1, 0.15) is 13.3 Å². The Bertz CT molecular complexity index is 249. The van der Waals surface area contributed by atoms with Crippen LogP contribution in [0, 0.1) is 11.3 Å². The van der Waals surface area contributed by atoms with Gasteiger partial charge >= 0.3 is 5.97 Å². The molecule has 0 bridgehead atoms. The molecular formula is C8H11NO2S2. The number of esters is 1. The van der Waals surface area contributed by atoms with Gasteiger partial charge in [0.2, 0.25) is 5.76 Å². The molecule has 3 nitrogen and oxygen atoms in total. The lowest BCUT2D eigenvalue weighted by Gasteiger charge is -2.04. The van der Waals surface area contributed by atoms with Crippen LogP contribution in [0.3, 0.4) is 0 Å². The van der Waals surface area contributed by atoms with Crippen molar-refractivity contribution < 1.29 is 9.53 Å². The van der Waals surface area contributed by atoms with E-state index in [1.807, 2.05) is 18.6 Å². The molecule has 0 heterocycles. The van der Waals surface area contributed by atoms with Gasteiger partial charge in [-0.1, -0.05) is 6.92 Å². The lowest BCUT2D eigenvalue weighted by atomic mass is 10.5. The normalized spacial score (nSPS) is 8.77. The molecule has 0 fully saturated rings. The van der Waals surface area contributed by atoms with Gasteiger partial charge in [-0.2, -0.15) is 5.26 Å². The van der Waals surface area contributed by atoms with E-state index in [9.17, 15) is 4.79 Å². The minimum Gasteiger partial charge on any atom is -0.413 e. The standard InChI is InChI=1S/C8H11NO2S2/c1-4-7(10)11-6(5-9)8(12-2)13-3/h4H2,1-3H3. The molecule has 0 spiro atoms. The summed E-state index contributed by atoms with van der Waals surface area (Å²) < 4.78 is 5.56. The Morgan fingerprint density at radius 3 is 2.31 bits per heavy atom. The quantitative estimate of drug-likeness (QED) is 0.411. The molecule has 0 aromatic heterocycles. The average Bonchev–Trinajstić information content (AvgIpc) is 2.17. The zero-order valence-electron chi connectivity index (χ0n) is 7.79. The number of nitriles is 1. The zero-order valence-corrected chi connectivity index (χ0v) is 9.42. The highest BCUT2D eigenvalue weighted by Crippen LogP contribution is 2.27. The number of hydrogen-bond donors (Lipinski definition) is 0. The molecule has 0 amide bonds. The Labute approximate surface area is 86.5 Å². The highest BCUT2D eigenvalue weighted by Gasteiger charge is 2.09. The molecule has 13 heavy (non-hydrogen) atoms. The fraction of sp³-hybridized carbons (Fsp3) is 0.500. The van der Waals surface area contributed by atoms with Crippen molar-refractivity contribution in [2.75, 3.05) is 12.5 Å². The predicted molar refractivity (Wildman–Crippen MR) is 56.1 cm³/mol. The number of ether oxygens (including phenoxy) is 1. The third-order valence-corrected chi connectivity index (χ3v) is 3.27. The fourth-order valence-corrected chi connectivity index (χ4v) is 1.78. The maximum Gasteiger partial charge on any atom is 0.311 e. The SMILES string of the molecule is CCC(=O)OC(C#N)=C(SC)SC. The van der Waals surface area contributed by atoms with Crippen molar-refractivity contribution in [3.63, 3.8) is 0 Å². The average molecular weight is 217 g/mol. The summed E-state index contributed by atoms with van der Waals surface area (Å²) in [6.07, 6.45) is 3.95. The van der Waals surface area contributed by atoms with Crippen LogP contribution in [0.15, 0.2) is 10.00 Å². The van der Waals surface area contributed by atoms with Gasteiger partial charge in [0.25, 0.3) is 0 Å². The van der Waals surface area contributed by atoms with Gasteiger partial charge in [-0.3, -0.25) is 4.79 Å². The van der Waals surface area contributed by atoms with E-state index in [0.717, 1.165) is 4.24 Å². The molecule has 0 radical (unpaired) electrons. The third-order valence-electron chi connectivity index (χ3n) is 1.16. The molecule has 72 valence electrons. The van der Waals surface area contributed by atoms with E-state index in [0.29, 0.717) is 0 Å². The van der Waals surface area contributed by atoms with Crippen molar-refractivity contribution in [1.29, 1.82) is 5.26 Å². The zero-order chi connectivity index (χ0) is 10.3. The first-order valence-electron chi connectivity index (χ1n) is 3.62. The molecule has 0 saturated heterocycles. The molecule has 0 rings (SSSR count). The van der Waals surface area contributed by atoms with Gasteiger partial charge in [-0.05, 0) is 12.5 Å². The first-order valence-corrected chi connectivity index (χ1v) is 6.07. The Balaban J connectivity index is 4.59. The van der Waals surface area contributed by atoms with Crippen LogP contribution < -0.4 is 0 Å². The summed E-state index contributed by atoms with van der Waals surface area (Å²) in [5.41, 5.74) is 0. The van der Waals surface area contributed by atoms with E-state index in [2.05, 4.69) is 0 Å². The smallest absolute Gasteiger partial charge is 0.311 e. The van der Waals surface area contributed by atoms with E-state index in [-0.39, 0.29) is 18.1 Å². The van der Waals surface area contributed by atoms with Crippen molar-refractivity contribution >= 4 is 29.5 Å². The third kappa shape index (κ3) is 4.25. The van der Waals surface area contributed by atoms with Crippen molar-refractivity contribution in [2.45, 2.75) is 13.3 Å². The maximum absolute atomic E-state index is 10.9. The van der Waals surface area contributed by atoms with Crippen LogP contribution in [0.5, 0.6) is 0 Å². The van der Waals surface area contributed by atoms with E-state index >= 15 is 0 Å². The first kappa shape index (κ1) is 12.4. The van der Waals surface area contributed by atoms with Gasteiger partial charge in [0.05, 0.1) is 4.24 Å². The van der Waals surface area contributed by atoms with Crippen molar-refractivity contribution in [2.24, 2.45) is 0 Å². The number of carbonyl (C=O) groups is 1. The topological polar surface area (TPSA) is 50.1 Å². The monoisotopic (exact) mass is 217 g/mol. The van der Waals surface area contributed by atoms with Gasteiger partial charge in [0.15, 0.2) is 0 Å². The summed E-state index contributed by atoms with van der Waals surface area (Å²) in [4.78, 5) is 10.9. The Kier molecular flexibility index (Phi) is 6.55. The molecular weight excluding hydrogens is 206 g/mol. The molecule has 0 unspecified atom stereocenters. The number of thioether (sulfide) groups is 2. The summed E-state index contributed by atoms with van der Waals surface area (Å²) in [6.45, 7) is 1.69. The summed E-state index contributed by atoms with van der Waals surface area (Å²) in [7, 11) is 0. The van der Waals surface area contributed by atoms with Crippen molar-refractivity contribution in [1.82, 2.24) is 0 Å². The van der Waals surface area contributed by atoms with Gasteiger partial charge < -0.3 is 4.74 Å². The number of hydrogen-bond acceptors (Lipinski definition) is 5. The second-order valence-corrected chi connectivity index (χ2v) is 3.86. The molecule has 0 aromatic rings. The number of carbonyl (C=O) groups excluding carboxylic acids is 1. The van der Waals surface area contributed by atoms with E-state index in [1.165, 1.54) is 23.5 Å². The van der Waals surface area contributed by atoms with Gasteiger partial charge in [0, 0.05) is 6.42 Å². The van der Waals surface area contributed by atoms with E-state index < -0.39 is 0 Å². The maximum atomic E-state index is 10.9. The summed E-state index contributed by atoms with van der Waals surface area (Å²) >= 11 is 2.80. The first-order chi connectivity index (χ1) is 6.19. The summed E-state index contributed by atoms with van der Waals surface area (Å²) in [6, 6.07) is 1.86. The Morgan fingerprint density at radius 1 is 1.46 bits per heavy atom. The lowest BCUT2D eigenvalue weighted by Crippen LogP contribution is -2.02. The second-order valence-electron chi connectivity index (χ2n) is 1.96. The van der Waals surface area contributed by atoms with Crippen molar-refractivity contribution in [3.8, 4) is 6.07 Å². The van der Waals surface area contributed by atoms with Crippen LogP contribution in [0.4, 0.5) is 0 Å². The lowest BCUT2D eigenvalue weighted by molar-refractivity contribution is -0.138. The molecule has 5 heteroatoms. The molecule has 0 aliphatic heterocycles. The minimum absolute atomic E-state index is 0.104. The predicted octanol–water partition coefficient (Wildman–Crippen LogP) is 2.36. The summed E-state index contributed by atoms with van der Waals surface area (Å²) in [5.74, 6) is -0.274. The van der Waals surface area contributed by atoms with Crippen LogP contribution in [0.2, 0.25) is 0 Å². The fourth-order valence-electron chi connectivity index (χ4n) is 0.565. The highest BCUT2D eigenvalue weighted by atomic mass is 32.2. The molecule has 0 saturated carbocycles. The molecule has 0 aliphatic rings. The van der Waals surface area contributed by atoms with Gasteiger partial charge in [-0.15, -0.1) is 23.5 Å². The van der Waals surface area contributed by atoms with Crippen LogP contribution in [0.25, 0.3) is 0 Å². The second kappa shape index (κ2) is 6.87. The largest absolute Gasteiger partial charge is 0.413 e. The van der Waals surface area contributed by atoms with Crippen molar-refractivity contribution in [3.05, 3.63) is 10.00 Å². The highest BCUT2D eigenvalue weighted by molar-refractivity contribution is 8.21.